The average molecular weight is 415 g/mol. The molecule has 2 aromatic rings. The fraction of sp³-hybridized carbons (Fsp3) is 0.455. The Kier molecular flexibility index (Phi) is 7.02. The highest BCUT2D eigenvalue weighted by atomic mass is 16.5. The minimum Gasteiger partial charge on any atom is -0.454 e. The van der Waals surface area contributed by atoms with Crippen molar-refractivity contribution in [1.29, 1.82) is 0 Å². The Labute approximate surface area is 176 Å². The second-order valence-electron chi connectivity index (χ2n) is 9.05. The van der Waals surface area contributed by atoms with Gasteiger partial charge in [0.2, 0.25) is 5.88 Å². The Morgan fingerprint density at radius 1 is 1.00 bits per heavy atom. The first-order valence-electron chi connectivity index (χ1n) is 9.67. The average Bonchev–Trinajstić information content (AvgIpc) is 3.12. The van der Waals surface area contributed by atoms with Crippen LogP contribution < -0.4 is 10.6 Å². The van der Waals surface area contributed by atoms with Gasteiger partial charge in [-0.3, -0.25) is 19.7 Å². The van der Waals surface area contributed by atoms with E-state index in [4.69, 9.17) is 9.26 Å². The van der Waals surface area contributed by atoms with Gasteiger partial charge in [0.15, 0.2) is 6.61 Å². The molecule has 0 bridgehead atoms. The zero-order valence-electron chi connectivity index (χ0n) is 18.3. The molecule has 30 heavy (non-hydrogen) atoms. The summed E-state index contributed by atoms with van der Waals surface area (Å²) in [6, 6.07) is 8.79. The summed E-state index contributed by atoms with van der Waals surface area (Å²) in [6.07, 6.45) is 0. The van der Waals surface area contributed by atoms with Crippen LogP contribution in [0.1, 0.15) is 63.2 Å². The Balaban J connectivity index is 1.76. The smallest absolute Gasteiger partial charge is 0.325 e. The van der Waals surface area contributed by atoms with E-state index in [2.05, 4.69) is 36.6 Å². The van der Waals surface area contributed by atoms with Gasteiger partial charge < -0.3 is 14.6 Å². The molecule has 1 aromatic carbocycles. The van der Waals surface area contributed by atoms with Crippen LogP contribution >= 0.6 is 0 Å². The fourth-order valence-electron chi connectivity index (χ4n) is 2.43. The second kappa shape index (κ2) is 9.11. The number of benzene rings is 1. The van der Waals surface area contributed by atoms with Gasteiger partial charge in [-0.1, -0.05) is 58.8 Å². The number of aromatic nitrogens is 1. The van der Waals surface area contributed by atoms with Crippen molar-refractivity contribution in [3.63, 3.8) is 0 Å². The monoisotopic (exact) mass is 415 g/mol. The molecule has 0 saturated carbocycles. The van der Waals surface area contributed by atoms with Crippen LogP contribution in [-0.2, 0) is 25.2 Å². The molecule has 2 rings (SSSR count). The number of hydrogen-bond acceptors (Lipinski definition) is 6. The first-order valence-corrected chi connectivity index (χ1v) is 9.67. The zero-order chi connectivity index (χ0) is 22.5. The molecular weight excluding hydrogens is 386 g/mol. The molecule has 8 heteroatoms. The maximum absolute atomic E-state index is 12.2. The molecular formula is C22H29N3O5. The van der Waals surface area contributed by atoms with Gasteiger partial charge in [0.25, 0.3) is 11.8 Å². The van der Waals surface area contributed by atoms with Gasteiger partial charge in [-0.25, -0.2) is 0 Å². The van der Waals surface area contributed by atoms with Crippen molar-refractivity contribution in [2.75, 3.05) is 18.5 Å². The minimum absolute atomic E-state index is 0.0145. The number of carbonyl (C=O) groups excluding carboxylic acids is 3. The molecule has 8 nitrogen and oxygen atoms in total. The van der Waals surface area contributed by atoms with Gasteiger partial charge in [-0.15, -0.1) is 0 Å². The van der Waals surface area contributed by atoms with E-state index in [0.717, 1.165) is 5.56 Å². The molecule has 0 fully saturated rings. The van der Waals surface area contributed by atoms with Gasteiger partial charge >= 0.3 is 5.97 Å². The van der Waals surface area contributed by atoms with E-state index in [1.54, 1.807) is 18.2 Å². The van der Waals surface area contributed by atoms with Crippen molar-refractivity contribution >= 4 is 23.7 Å². The van der Waals surface area contributed by atoms with Gasteiger partial charge in [0, 0.05) is 17.0 Å². The summed E-state index contributed by atoms with van der Waals surface area (Å²) < 4.78 is 9.92. The summed E-state index contributed by atoms with van der Waals surface area (Å²) in [6.45, 7) is 11.3. The predicted molar refractivity (Wildman–Crippen MR) is 112 cm³/mol. The highest BCUT2D eigenvalue weighted by molar-refractivity contribution is 5.96. The molecule has 0 radical (unpaired) electrons. The number of rotatable bonds is 6. The summed E-state index contributed by atoms with van der Waals surface area (Å²) in [5, 5.41) is 8.83. The van der Waals surface area contributed by atoms with E-state index in [1.807, 2.05) is 32.9 Å². The Morgan fingerprint density at radius 2 is 1.63 bits per heavy atom. The molecule has 0 aliphatic carbocycles. The van der Waals surface area contributed by atoms with Crippen LogP contribution in [0.15, 0.2) is 34.9 Å². The lowest BCUT2D eigenvalue weighted by Crippen LogP contribution is -2.32. The molecule has 1 heterocycles. The van der Waals surface area contributed by atoms with Gasteiger partial charge in [0.05, 0.1) is 5.69 Å². The number of anilines is 1. The second-order valence-corrected chi connectivity index (χ2v) is 9.05. The standard InChI is InChI=1S/C22H29N3O5/c1-21(2,3)15-9-7-14(8-10-15)20(28)23-12-19(27)29-13-17(26)24-18-11-16(25-30-18)22(4,5)6/h7-11H,12-13H2,1-6H3,(H,23,28)(H,24,26). The third kappa shape index (κ3) is 6.72. The first kappa shape index (κ1) is 23.1. The lowest BCUT2D eigenvalue weighted by molar-refractivity contribution is -0.146. The van der Waals surface area contributed by atoms with Gasteiger partial charge in [0.1, 0.15) is 6.54 Å². The molecule has 162 valence electrons. The summed E-state index contributed by atoms with van der Waals surface area (Å²) in [5.41, 5.74) is 2.00. The van der Waals surface area contributed by atoms with Crippen LogP contribution in [0.2, 0.25) is 0 Å². The quantitative estimate of drug-likeness (QED) is 0.701. The third-order valence-electron chi connectivity index (χ3n) is 4.31. The van der Waals surface area contributed by atoms with Crippen molar-refractivity contribution in [2.45, 2.75) is 52.4 Å². The van der Waals surface area contributed by atoms with Crippen molar-refractivity contribution in [3.05, 3.63) is 47.2 Å². The third-order valence-corrected chi connectivity index (χ3v) is 4.31. The number of nitrogens with one attached hydrogen (secondary N) is 2. The van der Waals surface area contributed by atoms with Crippen molar-refractivity contribution in [2.24, 2.45) is 0 Å². The minimum atomic E-state index is -0.724. The molecule has 0 aliphatic rings. The molecule has 2 N–H and O–H groups in total. The number of carbonyl (C=O) groups is 3. The van der Waals surface area contributed by atoms with E-state index in [-0.39, 0.29) is 23.3 Å². The largest absolute Gasteiger partial charge is 0.454 e. The molecule has 0 saturated heterocycles. The van der Waals surface area contributed by atoms with E-state index in [0.29, 0.717) is 11.3 Å². The number of ether oxygens (including phenoxy) is 1. The summed E-state index contributed by atoms with van der Waals surface area (Å²) >= 11 is 0. The van der Waals surface area contributed by atoms with Crippen molar-refractivity contribution < 1.29 is 23.6 Å². The van der Waals surface area contributed by atoms with Crippen LogP contribution in [0.4, 0.5) is 5.88 Å². The predicted octanol–water partition coefficient (Wildman–Crippen LogP) is 3.18. The van der Waals surface area contributed by atoms with E-state index in [1.165, 1.54) is 0 Å². The van der Waals surface area contributed by atoms with Crippen LogP contribution in [0.3, 0.4) is 0 Å². The molecule has 0 unspecified atom stereocenters. The maximum atomic E-state index is 12.2. The van der Waals surface area contributed by atoms with E-state index < -0.39 is 24.4 Å². The lowest BCUT2D eigenvalue weighted by atomic mass is 9.87. The van der Waals surface area contributed by atoms with Crippen molar-refractivity contribution in [3.8, 4) is 0 Å². The highest BCUT2D eigenvalue weighted by Crippen LogP contribution is 2.23. The molecule has 0 aliphatic heterocycles. The number of esters is 1. The fourth-order valence-corrected chi connectivity index (χ4v) is 2.43. The Hall–Kier alpha value is -3.16. The van der Waals surface area contributed by atoms with Crippen LogP contribution in [-0.4, -0.2) is 36.1 Å². The summed E-state index contributed by atoms with van der Waals surface area (Å²) in [5.74, 6) is -1.51. The first-order chi connectivity index (χ1) is 13.9. The van der Waals surface area contributed by atoms with Crippen LogP contribution in [0.25, 0.3) is 0 Å². The van der Waals surface area contributed by atoms with E-state index in [9.17, 15) is 14.4 Å². The number of nitrogens with zero attached hydrogens (tertiary/aromatic N) is 1. The topological polar surface area (TPSA) is 111 Å². The zero-order valence-corrected chi connectivity index (χ0v) is 18.3. The normalized spacial score (nSPS) is 11.7. The lowest BCUT2D eigenvalue weighted by Gasteiger charge is -2.19. The molecule has 0 spiro atoms. The maximum Gasteiger partial charge on any atom is 0.325 e. The summed E-state index contributed by atoms with van der Waals surface area (Å²) in [4.78, 5) is 35.8. The highest BCUT2D eigenvalue weighted by Gasteiger charge is 2.20. The molecule has 2 amide bonds. The number of hydrogen-bond donors (Lipinski definition) is 2. The number of amides is 2. The molecule has 0 atom stereocenters. The van der Waals surface area contributed by atoms with Crippen LogP contribution in [0, 0.1) is 0 Å². The van der Waals surface area contributed by atoms with Crippen LogP contribution in [0.5, 0.6) is 0 Å². The molecule has 1 aromatic heterocycles. The SMILES string of the molecule is CC(C)(C)c1ccc(C(=O)NCC(=O)OCC(=O)Nc2cc(C(C)(C)C)no2)cc1. The Bertz CT molecular complexity index is 902. The van der Waals surface area contributed by atoms with Gasteiger partial charge in [-0.05, 0) is 23.1 Å². The summed E-state index contributed by atoms with van der Waals surface area (Å²) in [7, 11) is 0. The Morgan fingerprint density at radius 3 is 2.17 bits per heavy atom. The van der Waals surface area contributed by atoms with Gasteiger partial charge in [-0.2, -0.15) is 0 Å². The van der Waals surface area contributed by atoms with Crippen molar-refractivity contribution in [1.82, 2.24) is 10.5 Å². The van der Waals surface area contributed by atoms with E-state index >= 15 is 0 Å².